The summed E-state index contributed by atoms with van der Waals surface area (Å²) in [7, 11) is 0. The Hall–Kier alpha value is -1.92. The van der Waals surface area contributed by atoms with Crippen molar-refractivity contribution in [3.8, 4) is 0 Å². The van der Waals surface area contributed by atoms with E-state index < -0.39 is 23.1 Å². The minimum Gasteiger partial charge on any atom is -0.459 e. The number of benzene rings is 1. The zero-order valence-electron chi connectivity index (χ0n) is 14.9. The number of ether oxygens (including phenoxy) is 2. The van der Waals surface area contributed by atoms with Gasteiger partial charge in [0.05, 0.1) is 0 Å². The standard InChI is InChI=1S/C20H26O6/c21-17(19(23)9-1-2-10-19)25-13-15-5-7-16(8-6-15)14-26-18(22)20(24)11-3-4-12-20/h5-8,23-24H,1-4,9-14H2. The van der Waals surface area contributed by atoms with Gasteiger partial charge in [-0.1, -0.05) is 24.3 Å². The van der Waals surface area contributed by atoms with Crippen LogP contribution in [0.1, 0.15) is 62.5 Å². The highest BCUT2D eigenvalue weighted by atomic mass is 16.6. The largest absolute Gasteiger partial charge is 0.459 e. The smallest absolute Gasteiger partial charge is 0.338 e. The summed E-state index contributed by atoms with van der Waals surface area (Å²) in [5.74, 6) is -1.12. The predicted octanol–water partition coefficient (Wildman–Crippen LogP) is 2.38. The quantitative estimate of drug-likeness (QED) is 0.755. The van der Waals surface area contributed by atoms with E-state index in [2.05, 4.69) is 0 Å². The van der Waals surface area contributed by atoms with Gasteiger partial charge in [0.2, 0.25) is 0 Å². The number of hydrogen-bond donors (Lipinski definition) is 2. The summed E-state index contributed by atoms with van der Waals surface area (Å²) >= 11 is 0. The highest BCUT2D eigenvalue weighted by molar-refractivity contribution is 5.80. The Labute approximate surface area is 153 Å². The lowest BCUT2D eigenvalue weighted by Crippen LogP contribution is -2.36. The average Bonchev–Trinajstić information content (AvgIpc) is 3.28. The van der Waals surface area contributed by atoms with Gasteiger partial charge < -0.3 is 19.7 Å². The first-order valence-electron chi connectivity index (χ1n) is 9.28. The molecule has 0 aliphatic heterocycles. The van der Waals surface area contributed by atoms with Crippen molar-refractivity contribution >= 4 is 11.9 Å². The molecule has 0 bridgehead atoms. The molecule has 142 valence electrons. The first-order chi connectivity index (χ1) is 12.4. The third-order valence-corrected chi connectivity index (χ3v) is 5.38. The zero-order valence-corrected chi connectivity index (χ0v) is 14.9. The second kappa shape index (κ2) is 7.76. The third-order valence-electron chi connectivity index (χ3n) is 5.38. The fourth-order valence-corrected chi connectivity index (χ4v) is 3.63. The van der Waals surface area contributed by atoms with E-state index >= 15 is 0 Å². The van der Waals surface area contributed by atoms with Crippen LogP contribution in [0.3, 0.4) is 0 Å². The number of rotatable bonds is 6. The molecule has 2 N–H and O–H groups in total. The fourth-order valence-electron chi connectivity index (χ4n) is 3.63. The normalized spacial score (nSPS) is 20.7. The fraction of sp³-hybridized carbons (Fsp3) is 0.600. The first-order valence-corrected chi connectivity index (χ1v) is 9.28. The van der Waals surface area contributed by atoms with Gasteiger partial charge in [-0.2, -0.15) is 0 Å². The molecule has 2 fully saturated rings. The van der Waals surface area contributed by atoms with E-state index in [1.165, 1.54) is 0 Å². The first kappa shape index (κ1) is 18.9. The second-order valence-electron chi connectivity index (χ2n) is 7.45. The molecule has 2 saturated carbocycles. The molecule has 0 saturated heterocycles. The van der Waals surface area contributed by atoms with Crippen LogP contribution in [0, 0.1) is 0 Å². The van der Waals surface area contributed by atoms with Crippen molar-refractivity contribution in [1.29, 1.82) is 0 Å². The molecule has 0 heterocycles. The van der Waals surface area contributed by atoms with E-state index in [-0.39, 0.29) is 13.2 Å². The Balaban J connectivity index is 1.46. The van der Waals surface area contributed by atoms with Gasteiger partial charge in [0.15, 0.2) is 11.2 Å². The van der Waals surface area contributed by atoms with Gasteiger partial charge in [-0.15, -0.1) is 0 Å². The minimum absolute atomic E-state index is 0.0982. The van der Waals surface area contributed by atoms with Crippen molar-refractivity contribution in [2.24, 2.45) is 0 Å². The third kappa shape index (κ3) is 4.24. The lowest BCUT2D eigenvalue weighted by Gasteiger charge is -2.20. The van der Waals surface area contributed by atoms with Crippen LogP contribution in [0.2, 0.25) is 0 Å². The summed E-state index contributed by atoms with van der Waals surface area (Å²) in [6.45, 7) is 0.196. The Kier molecular flexibility index (Phi) is 5.63. The highest BCUT2D eigenvalue weighted by Gasteiger charge is 2.41. The lowest BCUT2D eigenvalue weighted by molar-refractivity contribution is -0.166. The number of esters is 2. The van der Waals surface area contributed by atoms with Gasteiger partial charge in [-0.3, -0.25) is 0 Å². The van der Waals surface area contributed by atoms with E-state index in [0.717, 1.165) is 36.8 Å². The van der Waals surface area contributed by atoms with Crippen LogP contribution in [0.15, 0.2) is 24.3 Å². The Bertz CT molecular complexity index is 582. The van der Waals surface area contributed by atoms with Crippen molar-refractivity contribution in [2.45, 2.75) is 75.8 Å². The van der Waals surface area contributed by atoms with Gasteiger partial charge in [0.25, 0.3) is 0 Å². The molecule has 6 heteroatoms. The maximum absolute atomic E-state index is 12.0. The van der Waals surface area contributed by atoms with Crippen LogP contribution in [0.5, 0.6) is 0 Å². The molecule has 3 rings (SSSR count). The SMILES string of the molecule is O=C(OCc1ccc(COC(=O)C2(O)CCCC2)cc1)C1(O)CCCC1. The van der Waals surface area contributed by atoms with Gasteiger partial charge in [0.1, 0.15) is 13.2 Å². The summed E-state index contributed by atoms with van der Waals surface area (Å²) in [5, 5.41) is 20.3. The molecule has 0 spiro atoms. The second-order valence-corrected chi connectivity index (χ2v) is 7.45. The Morgan fingerprint density at radius 2 is 1.04 bits per heavy atom. The summed E-state index contributed by atoms with van der Waals surface area (Å²) in [5.41, 5.74) is -1.06. The number of hydrogen-bond acceptors (Lipinski definition) is 6. The predicted molar refractivity (Wildman–Crippen MR) is 92.9 cm³/mol. The van der Waals surface area contributed by atoms with Gasteiger partial charge in [-0.25, -0.2) is 9.59 Å². The number of carbonyl (C=O) groups is 2. The molecular weight excluding hydrogens is 336 g/mol. The van der Waals surface area contributed by atoms with Crippen LogP contribution in [0.4, 0.5) is 0 Å². The molecule has 1 aromatic carbocycles. The Morgan fingerprint density at radius 3 is 1.35 bits per heavy atom. The van der Waals surface area contributed by atoms with Crippen molar-refractivity contribution < 1.29 is 29.3 Å². The van der Waals surface area contributed by atoms with Crippen molar-refractivity contribution in [3.63, 3.8) is 0 Å². The molecule has 0 aromatic heterocycles. The van der Waals surface area contributed by atoms with Crippen molar-refractivity contribution in [1.82, 2.24) is 0 Å². The molecule has 1 aromatic rings. The van der Waals surface area contributed by atoms with Gasteiger partial charge in [0, 0.05) is 0 Å². The highest BCUT2D eigenvalue weighted by Crippen LogP contribution is 2.31. The monoisotopic (exact) mass is 362 g/mol. The van der Waals surface area contributed by atoms with Crippen molar-refractivity contribution in [2.75, 3.05) is 0 Å². The van der Waals surface area contributed by atoms with E-state index in [4.69, 9.17) is 9.47 Å². The van der Waals surface area contributed by atoms with Crippen LogP contribution in [0.25, 0.3) is 0 Å². The van der Waals surface area contributed by atoms with Crippen LogP contribution < -0.4 is 0 Å². The molecule has 0 unspecified atom stereocenters. The Morgan fingerprint density at radius 1 is 0.731 bits per heavy atom. The summed E-state index contributed by atoms with van der Waals surface area (Å²) in [4.78, 5) is 24.0. The van der Waals surface area contributed by atoms with Crippen LogP contribution in [-0.2, 0) is 32.3 Å². The molecule has 0 atom stereocenters. The average molecular weight is 362 g/mol. The van der Waals surface area contributed by atoms with E-state index in [0.29, 0.717) is 25.7 Å². The van der Waals surface area contributed by atoms with Crippen molar-refractivity contribution in [3.05, 3.63) is 35.4 Å². The van der Waals surface area contributed by atoms with Gasteiger partial charge in [-0.05, 0) is 62.5 Å². The topological polar surface area (TPSA) is 93.1 Å². The molecule has 0 amide bonds. The summed E-state index contributed by atoms with van der Waals surface area (Å²) in [6, 6.07) is 7.16. The number of aliphatic hydroxyl groups is 2. The maximum Gasteiger partial charge on any atom is 0.338 e. The molecule has 26 heavy (non-hydrogen) atoms. The molecule has 0 radical (unpaired) electrons. The number of carbonyl (C=O) groups excluding carboxylic acids is 2. The summed E-state index contributed by atoms with van der Waals surface area (Å²) in [6.07, 6.45) is 5.21. The van der Waals surface area contributed by atoms with E-state index in [1.54, 1.807) is 24.3 Å². The molecule has 2 aliphatic carbocycles. The zero-order chi connectivity index (χ0) is 18.6. The van der Waals surface area contributed by atoms with E-state index in [1.807, 2.05) is 0 Å². The minimum atomic E-state index is -1.32. The molecular formula is C20H26O6. The summed E-state index contributed by atoms with van der Waals surface area (Å²) < 4.78 is 10.5. The van der Waals surface area contributed by atoms with Gasteiger partial charge >= 0.3 is 11.9 Å². The van der Waals surface area contributed by atoms with E-state index in [9.17, 15) is 19.8 Å². The molecule has 2 aliphatic rings. The van der Waals surface area contributed by atoms with Crippen LogP contribution in [-0.4, -0.2) is 33.4 Å². The van der Waals surface area contributed by atoms with Crippen LogP contribution >= 0.6 is 0 Å². The maximum atomic E-state index is 12.0. The lowest BCUT2D eigenvalue weighted by atomic mass is 10.0. The molecule has 6 nitrogen and oxygen atoms in total.